The van der Waals surface area contributed by atoms with Gasteiger partial charge in [0, 0.05) is 7.11 Å². The maximum absolute atomic E-state index is 12.4. The summed E-state index contributed by atoms with van der Waals surface area (Å²) in [6.07, 6.45) is 0.629. The van der Waals surface area contributed by atoms with Crippen LogP contribution >= 0.6 is 0 Å². The summed E-state index contributed by atoms with van der Waals surface area (Å²) in [7, 11) is 1.68. The molecule has 1 aromatic rings. The third kappa shape index (κ3) is 2.93. The Morgan fingerprint density at radius 2 is 1.83 bits per heavy atom. The van der Waals surface area contributed by atoms with E-state index in [9.17, 15) is 13.2 Å². The summed E-state index contributed by atoms with van der Waals surface area (Å²) in [5.74, 6) is 0. The van der Waals surface area contributed by atoms with Gasteiger partial charge in [-0.1, -0.05) is 18.2 Å². The summed E-state index contributed by atoms with van der Waals surface area (Å²) in [5.41, 5.74) is 1.38. The van der Waals surface area contributed by atoms with E-state index in [4.69, 9.17) is 4.74 Å². The van der Waals surface area contributed by atoms with Crippen LogP contribution in [0.4, 0.5) is 13.2 Å². The van der Waals surface area contributed by atoms with Crippen molar-refractivity contribution in [3.8, 4) is 0 Å². The molecule has 0 amide bonds. The lowest BCUT2D eigenvalue weighted by atomic mass is 9.91. The smallest absolute Gasteiger partial charge is 0.381 e. The van der Waals surface area contributed by atoms with Crippen LogP contribution in [0, 0.1) is 0 Å². The van der Waals surface area contributed by atoms with Gasteiger partial charge >= 0.3 is 6.18 Å². The second kappa shape index (κ2) is 5.14. The van der Waals surface area contributed by atoms with Crippen molar-refractivity contribution in [2.24, 2.45) is 0 Å². The van der Waals surface area contributed by atoms with Gasteiger partial charge in [-0.05, 0) is 42.5 Å². The number of halogens is 3. The van der Waals surface area contributed by atoms with Gasteiger partial charge in [0.05, 0.1) is 11.7 Å². The van der Waals surface area contributed by atoms with Crippen LogP contribution in [-0.2, 0) is 10.9 Å². The van der Waals surface area contributed by atoms with Crippen molar-refractivity contribution < 1.29 is 17.9 Å². The topological polar surface area (TPSA) is 9.23 Å². The molecule has 0 radical (unpaired) electrons. The molecule has 1 aliphatic carbocycles. The number of hydrogen-bond donors (Lipinski definition) is 0. The monoisotopic (exact) mass is 256 g/mol. The molecule has 2 rings (SSSR count). The van der Waals surface area contributed by atoms with E-state index in [1.807, 2.05) is 0 Å². The van der Waals surface area contributed by atoms with Crippen LogP contribution in [0.15, 0.2) is 30.3 Å². The highest BCUT2D eigenvalue weighted by Gasteiger charge is 2.30. The molecule has 0 saturated heterocycles. The van der Waals surface area contributed by atoms with E-state index in [0.29, 0.717) is 0 Å². The maximum atomic E-state index is 12.4. The minimum absolute atomic E-state index is 0.239. The summed E-state index contributed by atoms with van der Waals surface area (Å²) in [5, 5.41) is 0. The Balaban J connectivity index is 2.14. The zero-order chi connectivity index (χ0) is 13.2. The predicted octanol–water partition coefficient (Wildman–Crippen LogP) is 4.29. The van der Waals surface area contributed by atoms with Crippen molar-refractivity contribution in [2.45, 2.75) is 31.5 Å². The van der Waals surface area contributed by atoms with E-state index >= 15 is 0 Å². The van der Waals surface area contributed by atoms with Gasteiger partial charge in [0.1, 0.15) is 0 Å². The van der Waals surface area contributed by atoms with Crippen molar-refractivity contribution >= 4 is 5.57 Å². The minimum atomic E-state index is -4.26. The molecule has 1 atom stereocenters. The fourth-order valence-electron chi connectivity index (χ4n) is 2.16. The van der Waals surface area contributed by atoms with Gasteiger partial charge in [0.2, 0.25) is 0 Å². The van der Waals surface area contributed by atoms with E-state index < -0.39 is 11.7 Å². The van der Waals surface area contributed by atoms with E-state index in [1.165, 1.54) is 0 Å². The molecule has 0 N–H and O–H groups in total. The van der Waals surface area contributed by atoms with Crippen LogP contribution in [0.5, 0.6) is 0 Å². The van der Waals surface area contributed by atoms with E-state index in [1.54, 1.807) is 19.2 Å². The average Bonchev–Trinajstić information content (AvgIpc) is 2.38. The first-order chi connectivity index (χ1) is 8.50. The number of rotatable bonds is 2. The molecule has 0 aromatic heterocycles. The molecule has 98 valence electrons. The van der Waals surface area contributed by atoms with Crippen LogP contribution in [0.2, 0.25) is 0 Å². The number of ether oxygens (including phenoxy) is 1. The maximum Gasteiger partial charge on any atom is 0.416 e. The van der Waals surface area contributed by atoms with Crippen molar-refractivity contribution in [3.05, 3.63) is 41.5 Å². The van der Waals surface area contributed by atoms with Crippen molar-refractivity contribution in [3.63, 3.8) is 0 Å². The fourth-order valence-corrected chi connectivity index (χ4v) is 2.16. The highest BCUT2D eigenvalue weighted by atomic mass is 19.4. The van der Waals surface area contributed by atoms with E-state index in [2.05, 4.69) is 6.08 Å². The molecule has 0 fully saturated rings. The van der Waals surface area contributed by atoms with Crippen LogP contribution in [0.25, 0.3) is 5.57 Å². The van der Waals surface area contributed by atoms with Gasteiger partial charge in [-0.25, -0.2) is 0 Å². The van der Waals surface area contributed by atoms with Crippen LogP contribution in [0.1, 0.15) is 30.4 Å². The lowest BCUT2D eigenvalue weighted by Crippen LogP contribution is -2.13. The predicted molar refractivity (Wildman–Crippen MR) is 64.1 cm³/mol. The summed E-state index contributed by atoms with van der Waals surface area (Å²) in [4.78, 5) is 0. The third-order valence-corrected chi connectivity index (χ3v) is 3.28. The molecule has 0 saturated carbocycles. The fraction of sp³-hybridized carbons (Fsp3) is 0.429. The molecular formula is C14H15F3O. The first-order valence-electron chi connectivity index (χ1n) is 5.90. The number of benzene rings is 1. The standard InChI is InChI=1S/C14H15F3O/c1-18-13-8-4-11(5-9-13)10-2-6-12(7-3-10)14(15,16)17/h2-4,6-7,13H,5,8-9H2,1H3. The number of hydrogen-bond acceptors (Lipinski definition) is 1. The van der Waals surface area contributed by atoms with Gasteiger partial charge in [-0.15, -0.1) is 0 Å². The highest BCUT2D eigenvalue weighted by Crippen LogP contribution is 2.32. The molecular weight excluding hydrogens is 241 g/mol. The number of methoxy groups -OCH3 is 1. The highest BCUT2D eigenvalue weighted by molar-refractivity contribution is 5.66. The normalized spacial score (nSPS) is 20.7. The molecule has 0 bridgehead atoms. The zero-order valence-corrected chi connectivity index (χ0v) is 10.1. The van der Waals surface area contributed by atoms with Crippen molar-refractivity contribution in [2.75, 3.05) is 7.11 Å². The third-order valence-electron chi connectivity index (χ3n) is 3.28. The minimum Gasteiger partial charge on any atom is -0.381 e. The van der Waals surface area contributed by atoms with Crippen molar-refractivity contribution in [1.82, 2.24) is 0 Å². The molecule has 4 heteroatoms. The van der Waals surface area contributed by atoms with Gasteiger partial charge in [0.25, 0.3) is 0 Å². The van der Waals surface area contributed by atoms with Gasteiger partial charge in [0.15, 0.2) is 0 Å². The van der Waals surface area contributed by atoms with Gasteiger partial charge in [-0.2, -0.15) is 13.2 Å². The van der Waals surface area contributed by atoms with E-state index in [0.717, 1.165) is 42.5 Å². The first kappa shape index (κ1) is 13.1. The van der Waals surface area contributed by atoms with E-state index in [-0.39, 0.29) is 6.10 Å². The molecule has 1 unspecified atom stereocenters. The Labute approximate surface area is 104 Å². The largest absolute Gasteiger partial charge is 0.416 e. The lowest BCUT2D eigenvalue weighted by Gasteiger charge is -2.21. The number of alkyl halides is 3. The Morgan fingerprint density at radius 3 is 2.28 bits per heavy atom. The summed E-state index contributed by atoms with van der Waals surface area (Å²) in [6.45, 7) is 0. The Bertz CT molecular complexity index is 431. The zero-order valence-electron chi connectivity index (χ0n) is 10.1. The second-order valence-electron chi connectivity index (χ2n) is 4.44. The molecule has 0 aliphatic heterocycles. The molecule has 1 nitrogen and oxygen atoms in total. The summed E-state index contributed by atoms with van der Waals surface area (Å²) in [6, 6.07) is 5.36. The number of allylic oxidation sites excluding steroid dienone is 1. The van der Waals surface area contributed by atoms with Crippen molar-refractivity contribution in [1.29, 1.82) is 0 Å². The Hall–Kier alpha value is -1.29. The molecule has 0 heterocycles. The lowest BCUT2D eigenvalue weighted by molar-refractivity contribution is -0.137. The molecule has 18 heavy (non-hydrogen) atoms. The summed E-state index contributed by atoms with van der Waals surface area (Å²) >= 11 is 0. The summed E-state index contributed by atoms with van der Waals surface area (Å²) < 4.78 is 42.5. The Morgan fingerprint density at radius 1 is 1.17 bits per heavy atom. The van der Waals surface area contributed by atoms with Crippen LogP contribution in [0.3, 0.4) is 0 Å². The molecule has 0 spiro atoms. The van der Waals surface area contributed by atoms with Gasteiger partial charge < -0.3 is 4.74 Å². The molecule has 1 aromatic carbocycles. The van der Waals surface area contributed by atoms with Crippen LogP contribution in [-0.4, -0.2) is 13.2 Å². The first-order valence-corrected chi connectivity index (χ1v) is 5.90. The average molecular weight is 256 g/mol. The molecule has 1 aliphatic rings. The second-order valence-corrected chi connectivity index (χ2v) is 4.44. The van der Waals surface area contributed by atoms with Gasteiger partial charge in [-0.3, -0.25) is 0 Å². The Kier molecular flexibility index (Phi) is 3.76. The SMILES string of the molecule is COC1CC=C(c2ccc(C(F)(F)F)cc2)CC1. The van der Waals surface area contributed by atoms with Crippen LogP contribution < -0.4 is 0 Å². The quantitative estimate of drug-likeness (QED) is 0.767.